The number of hydrogen-bond donors (Lipinski definition) is 2. The van der Waals surface area contributed by atoms with Crippen LogP contribution in [0.5, 0.6) is 0 Å². The number of pyridine rings is 1. The Bertz CT molecular complexity index is 764. The van der Waals surface area contributed by atoms with Crippen LogP contribution in [0.4, 0.5) is 5.82 Å². The van der Waals surface area contributed by atoms with Crippen LogP contribution in [0, 0.1) is 6.92 Å². The van der Waals surface area contributed by atoms with Gasteiger partial charge in [-0.3, -0.25) is 4.99 Å². The van der Waals surface area contributed by atoms with Gasteiger partial charge in [0.05, 0.1) is 5.02 Å². The van der Waals surface area contributed by atoms with Gasteiger partial charge in [0.15, 0.2) is 11.8 Å². The fraction of sp³-hybridized carbons (Fsp3) is 0.556. The molecule has 8 nitrogen and oxygen atoms in total. The van der Waals surface area contributed by atoms with Crippen LogP contribution in [0.2, 0.25) is 5.02 Å². The predicted octanol–water partition coefficient (Wildman–Crippen LogP) is 2.19. The molecule has 1 saturated heterocycles. The average molecular weight is 392 g/mol. The summed E-state index contributed by atoms with van der Waals surface area (Å²) in [6, 6.07) is 4.03. The maximum Gasteiger partial charge on any atom is 0.226 e. The van der Waals surface area contributed by atoms with Gasteiger partial charge in [-0.25, -0.2) is 4.98 Å². The third-order valence-corrected chi connectivity index (χ3v) is 4.60. The molecule has 1 unspecified atom stereocenters. The summed E-state index contributed by atoms with van der Waals surface area (Å²) < 4.78 is 5.13. The summed E-state index contributed by atoms with van der Waals surface area (Å²) in [6.07, 6.45) is 4.38. The summed E-state index contributed by atoms with van der Waals surface area (Å²) >= 11 is 6.27. The Morgan fingerprint density at radius 3 is 3.11 bits per heavy atom. The van der Waals surface area contributed by atoms with Crippen molar-refractivity contribution in [3.05, 3.63) is 35.1 Å². The van der Waals surface area contributed by atoms with Crippen LogP contribution in [0.3, 0.4) is 0 Å². The van der Waals surface area contributed by atoms with Crippen molar-refractivity contribution in [2.75, 3.05) is 31.1 Å². The van der Waals surface area contributed by atoms with Crippen molar-refractivity contribution in [3.8, 4) is 0 Å². The van der Waals surface area contributed by atoms with Crippen LogP contribution in [0.15, 0.2) is 27.8 Å². The highest BCUT2D eigenvalue weighted by Crippen LogP contribution is 2.25. The number of hydrogen-bond acceptors (Lipinski definition) is 6. The highest BCUT2D eigenvalue weighted by Gasteiger charge is 2.25. The highest BCUT2D eigenvalue weighted by molar-refractivity contribution is 6.32. The molecule has 9 heteroatoms. The maximum atomic E-state index is 6.27. The minimum atomic E-state index is 0.305. The molecule has 0 bridgehead atoms. The lowest BCUT2D eigenvalue weighted by atomic mass is 10.3. The monoisotopic (exact) mass is 391 g/mol. The summed E-state index contributed by atoms with van der Waals surface area (Å²) in [5.41, 5.74) is 0. The first-order valence-corrected chi connectivity index (χ1v) is 9.73. The number of nitrogens with one attached hydrogen (secondary N) is 2. The van der Waals surface area contributed by atoms with Crippen LogP contribution in [-0.2, 0) is 6.42 Å². The molecule has 1 fully saturated rings. The van der Waals surface area contributed by atoms with Crippen molar-refractivity contribution < 1.29 is 4.52 Å². The first-order chi connectivity index (χ1) is 13.2. The zero-order valence-corrected chi connectivity index (χ0v) is 16.5. The van der Waals surface area contributed by atoms with E-state index in [1.165, 1.54) is 0 Å². The molecule has 1 atom stereocenters. The lowest BCUT2D eigenvalue weighted by Gasteiger charge is -2.20. The van der Waals surface area contributed by atoms with E-state index in [-0.39, 0.29) is 0 Å². The number of anilines is 1. The molecular formula is C18H26ClN7O. The highest BCUT2D eigenvalue weighted by atomic mass is 35.5. The molecule has 2 aromatic heterocycles. The molecule has 0 aliphatic carbocycles. The molecule has 146 valence electrons. The fourth-order valence-corrected chi connectivity index (χ4v) is 3.30. The van der Waals surface area contributed by atoms with E-state index in [1.807, 2.05) is 19.1 Å². The Kier molecular flexibility index (Phi) is 6.86. The number of halogens is 1. The second-order valence-corrected chi connectivity index (χ2v) is 6.89. The molecule has 0 radical (unpaired) electrons. The van der Waals surface area contributed by atoms with Gasteiger partial charge in [-0.2, -0.15) is 4.98 Å². The van der Waals surface area contributed by atoms with Gasteiger partial charge in [-0.15, -0.1) is 0 Å². The van der Waals surface area contributed by atoms with E-state index < -0.39 is 0 Å². The Labute approximate surface area is 164 Å². The third-order valence-electron chi connectivity index (χ3n) is 4.30. The standard InChI is InChI=1S/C18H26ClN7O/c1-3-20-18(22-10-5-7-16-23-13(2)25-27-16)24-14-8-11-26(12-14)17-15(19)6-4-9-21-17/h4,6,9,14H,3,5,7-8,10-12H2,1-2H3,(H2,20,22,24). The Morgan fingerprint density at radius 2 is 2.37 bits per heavy atom. The van der Waals surface area contributed by atoms with Gasteiger partial charge in [0.25, 0.3) is 0 Å². The summed E-state index contributed by atoms with van der Waals surface area (Å²) in [6.45, 7) is 7.16. The Morgan fingerprint density at radius 1 is 1.48 bits per heavy atom. The van der Waals surface area contributed by atoms with Crippen LogP contribution in [0.1, 0.15) is 31.5 Å². The molecule has 0 amide bonds. The van der Waals surface area contributed by atoms with Gasteiger partial charge >= 0.3 is 0 Å². The molecular weight excluding hydrogens is 366 g/mol. The van der Waals surface area contributed by atoms with Crippen molar-refractivity contribution in [3.63, 3.8) is 0 Å². The summed E-state index contributed by atoms with van der Waals surface area (Å²) in [5.74, 6) is 3.01. The molecule has 1 aliphatic heterocycles. The van der Waals surface area contributed by atoms with E-state index >= 15 is 0 Å². The average Bonchev–Trinajstić information content (AvgIpc) is 3.28. The zero-order valence-electron chi connectivity index (χ0n) is 15.8. The largest absolute Gasteiger partial charge is 0.357 e. The number of nitrogens with zero attached hydrogens (tertiary/aromatic N) is 5. The van der Waals surface area contributed by atoms with Crippen LogP contribution in [0.25, 0.3) is 0 Å². The van der Waals surface area contributed by atoms with E-state index in [0.717, 1.165) is 50.7 Å². The summed E-state index contributed by atoms with van der Waals surface area (Å²) in [4.78, 5) is 15.5. The number of aromatic nitrogens is 3. The number of aryl methyl sites for hydroxylation is 2. The SMILES string of the molecule is CCNC(=NCCCc1nc(C)no1)NC1CCN(c2ncccc2Cl)C1. The first-order valence-electron chi connectivity index (χ1n) is 9.35. The van der Waals surface area contributed by atoms with Crippen molar-refractivity contribution in [1.82, 2.24) is 25.8 Å². The smallest absolute Gasteiger partial charge is 0.226 e. The lowest BCUT2D eigenvalue weighted by Crippen LogP contribution is -2.44. The van der Waals surface area contributed by atoms with Gasteiger partial charge in [-0.05, 0) is 38.8 Å². The van der Waals surface area contributed by atoms with Gasteiger partial charge in [0.2, 0.25) is 5.89 Å². The molecule has 3 rings (SSSR count). The third kappa shape index (κ3) is 5.56. The van der Waals surface area contributed by atoms with Crippen LogP contribution >= 0.6 is 11.6 Å². The lowest BCUT2D eigenvalue weighted by molar-refractivity contribution is 0.372. The molecule has 3 heterocycles. The molecule has 2 aromatic rings. The normalized spacial score (nSPS) is 17.4. The van der Waals surface area contributed by atoms with Crippen molar-refractivity contribution in [2.45, 2.75) is 39.2 Å². The minimum absolute atomic E-state index is 0.305. The predicted molar refractivity (Wildman–Crippen MR) is 106 cm³/mol. The molecule has 0 spiro atoms. The maximum absolute atomic E-state index is 6.27. The van der Waals surface area contributed by atoms with E-state index in [9.17, 15) is 0 Å². The van der Waals surface area contributed by atoms with Crippen molar-refractivity contribution >= 4 is 23.4 Å². The Balaban J connectivity index is 1.49. The van der Waals surface area contributed by atoms with E-state index in [4.69, 9.17) is 16.1 Å². The second kappa shape index (κ2) is 9.55. The van der Waals surface area contributed by atoms with E-state index in [1.54, 1.807) is 6.20 Å². The quantitative estimate of drug-likeness (QED) is 0.424. The first kappa shape index (κ1) is 19.4. The van der Waals surface area contributed by atoms with Crippen molar-refractivity contribution in [1.29, 1.82) is 0 Å². The Hall–Kier alpha value is -2.35. The van der Waals surface area contributed by atoms with Crippen LogP contribution in [-0.4, -0.2) is 53.3 Å². The fourth-order valence-electron chi connectivity index (χ4n) is 3.06. The number of rotatable bonds is 7. The number of guanidine groups is 1. The van der Waals surface area contributed by atoms with Crippen LogP contribution < -0.4 is 15.5 Å². The van der Waals surface area contributed by atoms with Gasteiger partial charge in [0, 0.05) is 44.8 Å². The molecule has 1 aliphatic rings. The van der Waals surface area contributed by atoms with Gasteiger partial charge < -0.3 is 20.1 Å². The molecule has 0 aromatic carbocycles. The molecule has 0 saturated carbocycles. The van der Waals surface area contributed by atoms with E-state index in [2.05, 4.69) is 42.6 Å². The number of aliphatic imine (C=N–C) groups is 1. The zero-order chi connectivity index (χ0) is 19.1. The van der Waals surface area contributed by atoms with Crippen molar-refractivity contribution in [2.24, 2.45) is 4.99 Å². The summed E-state index contributed by atoms with van der Waals surface area (Å²) in [7, 11) is 0. The topological polar surface area (TPSA) is 91.5 Å². The second-order valence-electron chi connectivity index (χ2n) is 6.48. The minimum Gasteiger partial charge on any atom is -0.357 e. The molecule has 27 heavy (non-hydrogen) atoms. The van der Waals surface area contributed by atoms with E-state index in [0.29, 0.717) is 29.3 Å². The summed E-state index contributed by atoms with van der Waals surface area (Å²) in [5, 5.41) is 11.3. The molecule has 2 N–H and O–H groups in total. The van der Waals surface area contributed by atoms with Gasteiger partial charge in [0.1, 0.15) is 5.82 Å². The van der Waals surface area contributed by atoms with Gasteiger partial charge in [-0.1, -0.05) is 16.8 Å².